The third kappa shape index (κ3) is 4.62. The zero-order chi connectivity index (χ0) is 23.3. The first-order valence-electron chi connectivity index (χ1n) is 11.2. The van der Waals surface area contributed by atoms with Crippen LogP contribution in [0.4, 0.5) is 0 Å². The molecule has 0 aliphatic carbocycles. The fraction of sp³-hybridized carbons (Fsp3) is 0.192. The average Bonchev–Trinajstić information content (AvgIpc) is 3.54. The normalized spacial score (nSPS) is 14.1. The van der Waals surface area contributed by atoms with Crippen molar-refractivity contribution < 1.29 is 14.3 Å². The minimum Gasteiger partial charge on any atom is -0.378 e. The number of nitrogens with zero attached hydrogens (tertiary/aromatic N) is 4. The Hall–Kier alpha value is -4.17. The summed E-state index contributed by atoms with van der Waals surface area (Å²) in [7, 11) is 0. The lowest BCUT2D eigenvalue weighted by atomic mass is 10.2. The highest BCUT2D eigenvalue weighted by Crippen LogP contribution is 2.20. The van der Waals surface area contributed by atoms with Crippen molar-refractivity contribution in [3.8, 4) is 5.69 Å². The second-order valence-corrected chi connectivity index (χ2v) is 8.06. The summed E-state index contributed by atoms with van der Waals surface area (Å²) < 4.78 is 9.24. The summed E-state index contributed by atoms with van der Waals surface area (Å²) in [6, 6.07) is 19.0. The molecule has 0 unspecified atom stereocenters. The minimum absolute atomic E-state index is 0.0594. The molecule has 0 bridgehead atoms. The van der Waals surface area contributed by atoms with E-state index in [9.17, 15) is 9.59 Å². The first-order valence-corrected chi connectivity index (χ1v) is 11.2. The summed E-state index contributed by atoms with van der Waals surface area (Å²) in [6.45, 7) is 2.62. The number of rotatable bonds is 6. The van der Waals surface area contributed by atoms with Gasteiger partial charge in [0.1, 0.15) is 6.54 Å². The number of morpholine rings is 1. The maximum Gasteiger partial charge on any atom is 0.271 e. The van der Waals surface area contributed by atoms with Crippen molar-refractivity contribution in [1.82, 2.24) is 19.5 Å². The lowest BCUT2D eigenvalue weighted by molar-refractivity contribution is -0.135. The van der Waals surface area contributed by atoms with Gasteiger partial charge in [-0.15, -0.1) is 0 Å². The van der Waals surface area contributed by atoms with Crippen LogP contribution in [-0.2, 0) is 16.1 Å². The molecule has 1 aliphatic heterocycles. The molecule has 4 aromatic rings. The molecule has 3 heterocycles. The average molecular weight is 456 g/mol. The Morgan fingerprint density at radius 3 is 2.47 bits per heavy atom. The Labute approximate surface area is 197 Å². The van der Waals surface area contributed by atoms with Crippen molar-refractivity contribution in [1.29, 1.82) is 0 Å². The van der Waals surface area contributed by atoms with Crippen LogP contribution in [0.5, 0.6) is 0 Å². The Kier molecular flexibility index (Phi) is 6.22. The summed E-state index contributed by atoms with van der Waals surface area (Å²) >= 11 is 0. The third-order valence-electron chi connectivity index (χ3n) is 5.89. The third-order valence-corrected chi connectivity index (χ3v) is 5.89. The van der Waals surface area contributed by atoms with Crippen LogP contribution < -0.4 is 5.43 Å². The highest BCUT2D eigenvalue weighted by atomic mass is 16.5. The smallest absolute Gasteiger partial charge is 0.271 e. The number of carbonyl (C=O) groups excluding carboxylic acids is 2. The summed E-state index contributed by atoms with van der Waals surface area (Å²) in [4.78, 5) is 27.1. The van der Waals surface area contributed by atoms with E-state index in [4.69, 9.17) is 4.74 Å². The number of benzene rings is 2. The monoisotopic (exact) mass is 455 g/mol. The Balaban J connectivity index is 1.28. The van der Waals surface area contributed by atoms with E-state index in [1.165, 1.54) is 0 Å². The molecule has 34 heavy (non-hydrogen) atoms. The summed E-state index contributed by atoms with van der Waals surface area (Å²) in [5.41, 5.74) is 5.86. The lowest BCUT2D eigenvalue weighted by Crippen LogP contribution is -2.42. The Bertz CT molecular complexity index is 1320. The maximum absolute atomic E-state index is 12.7. The zero-order valence-corrected chi connectivity index (χ0v) is 18.6. The number of para-hydroxylation sites is 1. The van der Waals surface area contributed by atoms with Crippen molar-refractivity contribution in [2.45, 2.75) is 6.54 Å². The minimum atomic E-state index is -0.290. The van der Waals surface area contributed by atoms with E-state index >= 15 is 0 Å². The van der Waals surface area contributed by atoms with Gasteiger partial charge in [-0.3, -0.25) is 9.59 Å². The lowest BCUT2D eigenvalue weighted by Gasteiger charge is -2.27. The number of nitrogens with one attached hydrogen (secondary N) is 1. The van der Waals surface area contributed by atoms with E-state index in [1.807, 2.05) is 81.2 Å². The predicted octanol–water partition coefficient (Wildman–Crippen LogP) is 3.05. The number of hydrazone groups is 1. The van der Waals surface area contributed by atoms with Gasteiger partial charge >= 0.3 is 0 Å². The highest BCUT2D eigenvalue weighted by Gasteiger charge is 2.18. The number of fused-ring (bicyclic) bond motifs is 1. The summed E-state index contributed by atoms with van der Waals surface area (Å²) in [6.07, 6.45) is 7.41. The topological polar surface area (TPSA) is 80.9 Å². The number of hydrogen-bond acceptors (Lipinski definition) is 4. The molecule has 2 aromatic carbocycles. The van der Waals surface area contributed by atoms with Crippen LogP contribution in [-0.4, -0.2) is 58.4 Å². The standard InChI is InChI=1S/C26H25N5O3/c32-25(30-13-15-34-16-14-30)19-31-18-21(23-5-1-2-6-24(23)31)17-27-28-26(33)20-7-9-22(10-8-20)29-11-3-4-12-29/h1-12,17-18H,13-16,19H2,(H,28,33)/b27-17+. The number of amides is 2. The van der Waals surface area contributed by atoms with Gasteiger partial charge in [0.05, 0.1) is 19.4 Å². The van der Waals surface area contributed by atoms with Gasteiger partial charge in [0.2, 0.25) is 5.91 Å². The van der Waals surface area contributed by atoms with Gasteiger partial charge in [-0.05, 0) is 42.5 Å². The van der Waals surface area contributed by atoms with Crippen molar-refractivity contribution in [2.24, 2.45) is 5.10 Å². The van der Waals surface area contributed by atoms with Crippen molar-refractivity contribution in [3.05, 3.63) is 90.4 Å². The van der Waals surface area contributed by atoms with Crippen LogP contribution in [0.2, 0.25) is 0 Å². The molecule has 1 fully saturated rings. The molecule has 8 nitrogen and oxygen atoms in total. The predicted molar refractivity (Wildman–Crippen MR) is 130 cm³/mol. The number of hydrogen-bond donors (Lipinski definition) is 1. The van der Waals surface area contributed by atoms with Gasteiger partial charge in [-0.25, -0.2) is 5.43 Å². The van der Waals surface area contributed by atoms with Crippen LogP contribution in [0.15, 0.2) is 84.4 Å². The molecule has 0 radical (unpaired) electrons. The molecule has 0 atom stereocenters. The highest BCUT2D eigenvalue weighted by molar-refractivity contribution is 6.01. The fourth-order valence-corrected chi connectivity index (χ4v) is 4.08. The number of ether oxygens (including phenoxy) is 1. The van der Waals surface area contributed by atoms with Gasteiger partial charge in [0.15, 0.2) is 0 Å². The maximum atomic E-state index is 12.7. The van der Waals surface area contributed by atoms with Crippen LogP contribution in [0.25, 0.3) is 16.6 Å². The SMILES string of the molecule is O=C(N/N=C/c1cn(CC(=O)N2CCOCC2)c2ccccc12)c1ccc(-n2cccc2)cc1. The Morgan fingerprint density at radius 1 is 0.971 bits per heavy atom. The van der Waals surface area contributed by atoms with Gasteiger partial charge in [-0.2, -0.15) is 5.10 Å². The number of aromatic nitrogens is 2. The Morgan fingerprint density at radius 2 is 1.71 bits per heavy atom. The molecule has 1 aliphatic rings. The molecule has 2 amide bonds. The molecule has 172 valence electrons. The van der Waals surface area contributed by atoms with Crippen LogP contribution >= 0.6 is 0 Å². The first kappa shape index (κ1) is 21.7. The van der Waals surface area contributed by atoms with Gasteiger partial charge in [0.25, 0.3) is 5.91 Å². The second-order valence-electron chi connectivity index (χ2n) is 8.06. The quantitative estimate of drug-likeness (QED) is 0.358. The number of carbonyl (C=O) groups is 2. The van der Waals surface area contributed by atoms with E-state index in [0.29, 0.717) is 31.9 Å². The second kappa shape index (κ2) is 9.76. The van der Waals surface area contributed by atoms with E-state index in [1.54, 1.807) is 18.3 Å². The van der Waals surface area contributed by atoms with E-state index in [2.05, 4.69) is 10.5 Å². The van der Waals surface area contributed by atoms with E-state index < -0.39 is 0 Å². The van der Waals surface area contributed by atoms with Crippen molar-refractivity contribution in [2.75, 3.05) is 26.3 Å². The molecule has 1 N–H and O–H groups in total. The first-order chi connectivity index (χ1) is 16.7. The zero-order valence-electron chi connectivity index (χ0n) is 18.6. The molecule has 0 saturated carbocycles. The van der Waals surface area contributed by atoms with Crippen LogP contribution in [0.1, 0.15) is 15.9 Å². The largest absolute Gasteiger partial charge is 0.378 e. The van der Waals surface area contributed by atoms with E-state index in [0.717, 1.165) is 22.2 Å². The van der Waals surface area contributed by atoms with Gasteiger partial charge < -0.3 is 18.8 Å². The van der Waals surface area contributed by atoms with Crippen molar-refractivity contribution in [3.63, 3.8) is 0 Å². The molecular formula is C26H25N5O3. The molecule has 8 heteroatoms. The molecular weight excluding hydrogens is 430 g/mol. The molecule has 2 aromatic heterocycles. The van der Waals surface area contributed by atoms with E-state index in [-0.39, 0.29) is 18.4 Å². The van der Waals surface area contributed by atoms with Crippen molar-refractivity contribution >= 4 is 28.9 Å². The van der Waals surface area contributed by atoms with Crippen LogP contribution in [0, 0.1) is 0 Å². The summed E-state index contributed by atoms with van der Waals surface area (Å²) in [5, 5.41) is 5.13. The molecule has 5 rings (SSSR count). The summed E-state index contributed by atoms with van der Waals surface area (Å²) in [5.74, 6) is -0.231. The molecule has 1 saturated heterocycles. The van der Waals surface area contributed by atoms with Gasteiger partial charge in [-0.1, -0.05) is 18.2 Å². The van der Waals surface area contributed by atoms with Crippen LogP contribution in [0.3, 0.4) is 0 Å². The molecule has 0 spiro atoms. The fourth-order valence-electron chi connectivity index (χ4n) is 4.08. The van der Waals surface area contributed by atoms with Gasteiger partial charge in [0, 0.05) is 59.4 Å².